The first-order chi connectivity index (χ1) is 10.0. The van der Waals surface area contributed by atoms with Gasteiger partial charge in [-0.05, 0) is 37.4 Å². The van der Waals surface area contributed by atoms with Crippen molar-refractivity contribution in [2.45, 2.75) is 53.1 Å². The number of hydrogen-bond donors (Lipinski definition) is 1. The topological polar surface area (TPSA) is 29.9 Å². The van der Waals surface area contributed by atoms with E-state index in [1.807, 2.05) is 6.33 Å². The number of aromatic nitrogens is 2. The van der Waals surface area contributed by atoms with E-state index in [1.165, 1.54) is 16.8 Å². The summed E-state index contributed by atoms with van der Waals surface area (Å²) in [6, 6.07) is 9.32. The van der Waals surface area contributed by atoms with Crippen LogP contribution in [0.1, 0.15) is 55.2 Å². The van der Waals surface area contributed by atoms with Crippen LogP contribution in [0.2, 0.25) is 0 Å². The zero-order valence-corrected chi connectivity index (χ0v) is 13.9. The minimum Gasteiger partial charge on any atom is -0.333 e. The third-order valence-corrected chi connectivity index (χ3v) is 4.18. The van der Waals surface area contributed by atoms with E-state index in [9.17, 15) is 0 Å². The summed E-state index contributed by atoms with van der Waals surface area (Å²) in [6.45, 7) is 12.7. The first kappa shape index (κ1) is 15.8. The van der Waals surface area contributed by atoms with Gasteiger partial charge in [0.15, 0.2) is 0 Å². The van der Waals surface area contributed by atoms with Crippen LogP contribution in [-0.2, 0) is 6.54 Å². The molecule has 0 bridgehead atoms. The number of nitrogens with one attached hydrogen (secondary N) is 1. The minimum absolute atomic E-state index is 0.323. The molecule has 0 radical (unpaired) electrons. The normalized spacial score (nSPS) is 12.9. The van der Waals surface area contributed by atoms with Gasteiger partial charge in [0.25, 0.3) is 0 Å². The molecule has 1 atom stereocenters. The van der Waals surface area contributed by atoms with Crippen molar-refractivity contribution >= 4 is 0 Å². The lowest BCUT2D eigenvalue weighted by Gasteiger charge is -2.20. The molecule has 0 saturated heterocycles. The molecule has 0 aliphatic rings. The smallest absolute Gasteiger partial charge is 0.0952 e. The molecule has 0 spiro atoms. The molecular weight excluding hydrogens is 258 g/mol. The Morgan fingerprint density at radius 3 is 2.19 bits per heavy atom. The highest BCUT2D eigenvalue weighted by Crippen LogP contribution is 2.21. The molecule has 114 valence electrons. The standard InChI is InChI=1S/C18H27N3/c1-6-19-18(11-21-12-20-14(4)15(21)5)17-9-7-16(8-10-17)13(2)3/h7-10,12-13,18-19H,6,11H2,1-5H3. The van der Waals surface area contributed by atoms with Gasteiger partial charge in [0.2, 0.25) is 0 Å². The minimum atomic E-state index is 0.323. The monoisotopic (exact) mass is 285 g/mol. The number of aryl methyl sites for hydroxylation is 1. The van der Waals surface area contributed by atoms with Gasteiger partial charge in [-0.2, -0.15) is 0 Å². The van der Waals surface area contributed by atoms with Gasteiger partial charge in [-0.15, -0.1) is 0 Å². The van der Waals surface area contributed by atoms with Crippen LogP contribution in [0.3, 0.4) is 0 Å². The molecule has 0 saturated carbocycles. The van der Waals surface area contributed by atoms with Gasteiger partial charge in [-0.25, -0.2) is 4.98 Å². The molecule has 1 heterocycles. The lowest BCUT2D eigenvalue weighted by molar-refractivity contribution is 0.469. The molecule has 2 rings (SSSR count). The van der Waals surface area contributed by atoms with E-state index in [-0.39, 0.29) is 0 Å². The molecule has 2 aromatic rings. The fourth-order valence-electron chi connectivity index (χ4n) is 2.57. The fourth-order valence-corrected chi connectivity index (χ4v) is 2.57. The van der Waals surface area contributed by atoms with Gasteiger partial charge < -0.3 is 9.88 Å². The van der Waals surface area contributed by atoms with Crippen molar-refractivity contribution in [1.82, 2.24) is 14.9 Å². The average molecular weight is 285 g/mol. The molecule has 1 aromatic carbocycles. The molecule has 0 amide bonds. The summed E-state index contributed by atoms with van der Waals surface area (Å²) >= 11 is 0. The van der Waals surface area contributed by atoms with E-state index in [0.717, 1.165) is 18.8 Å². The van der Waals surface area contributed by atoms with Crippen LogP contribution in [0.25, 0.3) is 0 Å². The van der Waals surface area contributed by atoms with E-state index >= 15 is 0 Å². The summed E-state index contributed by atoms with van der Waals surface area (Å²) in [5, 5.41) is 3.58. The van der Waals surface area contributed by atoms with Crippen molar-refractivity contribution in [2.24, 2.45) is 0 Å². The molecule has 21 heavy (non-hydrogen) atoms. The Kier molecular flexibility index (Phi) is 5.18. The predicted octanol–water partition coefficient (Wildman–Crippen LogP) is 3.97. The van der Waals surface area contributed by atoms with E-state index in [2.05, 4.69) is 73.8 Å². The number of imidazole rings is 1. The Morgan fingerprint density at radius 2 is 1.71 bits per heavy atom. The highest BCUT2D eigenvalue weighted by molar-refractivity contribution is 5.27. The summed E-state index contributed by atoms with van der Waals surface area (Å²) < 4.78 is 2.24. The van der Waals surface area contributed by atoms with Crippen molar-refractivity contribution < 1.29 is 0 Å². The maximum atomic E-state index is 4.40. The fraction of sp³-hybridized carbons (Fsp3) is 0.500. The Hall–Kier alpha value is -1.61. The van der Waals surface area contributed by atoms with Crippen molar-refractivity contribution in [3.8, 4) is 0 Å². The van der Waals surface area contributed by atoms with Crippen LogP contribution in [0.5, 0.6) is 0 Å². The molecule has 0 aliphatic carbocycles. The molecule has 3 heteroatoms. The second-order valence-corrected chi connectivity index (χ2v) is 6.00. The zero-order chi connectivity index (χ0) is 15.4. The summed E-state index contributed by atoms with van der Waals surface area (Å²) in [6.07, 6.45) is 1.94. The van der Waals surface area contributed by atoms with E-state index in [4.69, 9.17) is 0 Å². The highest BCUT2D eigenvalue weighted by Gasteiger charge is 2.13. The van der Waals surface area contributed by atoms with E-state index in [1.54, 1.807) is 0 Å². The van der Waals surface area contributed by atoms with Crippen LogP contribution in [0.15, 0.2) is 30.6 Å². The van der Waals surface area contributed by atoms with Gasteiger partial charge >= 0.3 is 0 Å². The van der Waals surface area contributed by atoms with Gasteiger partial charge in [0.05, 0.1) is 18.1 Å². The Bertz CT molecular complexity index is 567. The van der Waals surface area contributed by atoms with Crippen LogP contribution >= 0.6 is 0 Å². The van der Waals surface area contributed by atoms with Gasteiger partial charge in [-0.3, -0.25) is 0 Å². The van der Waals surface area contributed by atoms with Crippen LogP contribution < -0.4 is 5.32 Å². The summed E-state index contributed by atoms with van der Waals surface area (Å²) in [4.78, 5) is 4.40. The summed E-state index contributed by atoms with van der Waals surface area (Å²) in [7, 11) is 0. The van der Waals surface area contributed by atoms with Crippen LogP contribution in [0.4, 0.5) is 0 Å². The number of hydrogen-bond acceptors (Lipinski definition) is 2. The largest absolute Gasteiger partial charge is 0.333 e. The van der Waals surface area contributed by atoms with E-state index in [0.29, 0.717) is 12.0 Å². The van der Waals surface area contributed by atoms with Gasteiger partial charge in [0.1, 0.15) is 0 Å². The van der Waals surface area contributed by atoms with Gasteiger partial charge in [-0.1, -0.05) is 45.0 Å². The molecule has 1 aromatic heterocycles. The molecule has 3 nitrogen and oxygen atoms in total. The highest BCUT2D eigenvalue weighted by atomic mass is 15.1. The second kappa shape index (κ2) is 6.90. The van der Waals surface area contributed by atoms with Crippen molar-refractivity contribution in [3.05, 3.63) is 53.1 Å². The number of rotatable bonds is 6. The maximum Gasteiger partial charge on any atom is 0.0952 e. The Balaban J connectivity index is 2.20. The van der Waals surface area contributed by atoms with Crippen LogP contribution in [0, 0.1) is 13.8 Å². The average Bonchev–Trinajstić information content (AvgIpc) is 2.79. The quantitative estimate of drug-likeness (QED) is 0.870. The second-order valence-electron chi connectivity index (χ2n) is 6.00. The Morgan fingerprint density at radius 1 is 1.10 bits per heavy atom. The lowest BCUT2D eigenvalue weighted by atomic mass is 9.99. The van der Waals surface area contributed by atoms with Crippen molar-refractivity contribution in [3.63, 3.8) is 0 Å². The van der Waals surface area contributed by atoms with E-state index < -0.39 is 0 Å². The van der Waals surface area contributed by atoms with Gasteiger partial charge in [0, 0.05) is 12.2 Å². The number of likely N-dealkylation sites (N-methyl/N-ethyl adjacent to an activating group) is 1. The lowest BCUT2D eigenvalue weighted by Crippen LogP contribution is -2.25. The van der Waals surface area contributed by atoms with Crippen molar-refractivity contribution in [1.29, 1.82) is 0 Å². The molecule has 1 unspecified atom stereocenters. The SMILES string of the molecule is CCNC(Cn1cnc(C)c1C)c1ccc(C(C)C)cc1. The zero-order valence-electron chi connectivity index (χ0n) is 13.9. The first-order valence-corrected chi connectivity index (χ1v) is 7.84. The molecule has 0 fully saturated rings. The first-order valence-electron chi connectivity index (χ1n) is 7.84. The third-order valence-electron chi connectivity index (χ3n) is 4.18. The summed E-state index contributed by atoms with van der Waals surface area (Å²) in [5.74, 6) is 0.579. The molecular formula is C18H27N3. The third kappa shape index (κ3) is 3.73. The molecule has 1 N–H and O–H groups in total. The predicted molar refractivity (Wildman–Crippen MR) is 88.6 cm³/mol. The number of benzene rings is 1. The Labute approximate surface area is 128 Å². The maximum absolute atomic E-state index is 4.40. The molecule has 0 aliphatic heterocycles. The number of nitrogens with zero attached hydrogens (tertiary/aromatic N) is 2. The van der Waals surface area contributed by atoms with Crippen LogP contribution in [-0.4, -0.2) is 16.1 Å². The summed E-state index contributed by atoms with van der Waals surface area (Å²) in [5.41, 5.74) is 5.09. The van der Waals surface area contributed by atoms with Crippen molar-refractivity contribution in [2.75, 3.05) is 6.54 Å².